The maximum atomic E-state index is 13.0. The number of imide groups is 1. The number of carbonyl (C=O) groups is 2. The topological polar surface area (TPSA) is 62.6 Å². The maximum Gasteiger partial charge on any atom is 0.326 e. The van der Waals surface area contributed by atoms with Gasteiger partial charge in [-0.3, -0.25) is 10.1 Å². The molecule has 1 atom stereocenters. The number of benzene rings is 2. The van der Waals surface area contributed by atoms with E-state index in [0.717, 1.165) is 23.3 Å². The molecule has 0 aromatic heterocycles. The second kappa shape index (κ2) is 7.90. The Kier molecular flexibility index (Phi) is 5.40. The third kappa shape index (κ3) is 5.39. The van der Waals surface area contributed by atoms with E-state index in [0.29, 0.717) is 18.3 Å². The Morgan fingerprint density at radius 2 is 1.72 bits per heavy atom. The van der Waals surface area contributed by atoms with Gasteiger partial charge in [-0.25, -0.2) is 9.18 Å². The summed E-state index contributed by atoms with van der Waals surface area (Å²) in [6, 6.07) is 15.2. The summed E-state index contributed by atoms with van der Waals surface area (Å²) in [7, 11) is 0. The van der Waals surface area contributed by atoms with Crippen LogP contribution in [0.15, 0.2) is 54.6 Å². The molecule has 1 fully saturated rings. The summed E-state index contributed by atoms with van der Waals surface area (Å²) in [5.41, 5.74) is 1.61. The highest BCUT2D eigenvalue weighted by Crippen LogP contribution is 2.15. The van der Waals surface area contributed by atoms with E-state index >= 15 is 0 Å². The lowest BCUT2D eigenvalue weighted by Crippen LogP contribution is -3.13. The number of carbonyl (C=O) groups excluding carboxylic acids is 2. The van der Waals surface area contributed by atoms with Gasteiger partial charge in [-0.05, 0) is 24.3 Å². The van der Waals surface area contributed by atoms with E-state index in [2.05, 4.69) is 10.6 Å². The second-order valence-corrected chi connectivity index (χ2v) is 6.28. The quantitative estimate of drug-likeness (QED) is 0.749. The van der Waals surface area contributed by atoms with Gasteiger partial charge in [-0.1, -0.05) is 30.3 Å². The van der Waals surface area contributed by atoms with Crippen molar-refractivity contribution in [2.75, 3.05) is 11.9 Å². The van der Waals surface area contributed by atoms with Crippen molar-refractivity contribution in [2.24, 2.45) is 0 Å². The predicted molar refractivity (Wildman–Crippen MR) is 92.6 cm³/mol. The fraction of sp³-hybridized carbons (Fsp3) is 0.263. The number of urea groups is 1. The molecule has 25 heavy (non-hydrogen) atoms. The van der Waals surface area contributed by atoms with Gasteiger partial charge in [-0.2, -0.15) is 0 Å². The molecule has 1 unspecified atom stereocenters. The van der Waals surface area contributed by atoms with Crippen LogP contribution in [-0.2, 0) is 11.3 Å². The molecule has 0 heterocycles. The lowest BCUT2D eigenvalue weighted by atomic mass is 10.2. The van der Waals surface area contributed by atoms with E-state index in [4.69, 9.17) is 0 Å². The Morgan fingerprint density at radius 1 is 1.04 bits per heavy atom. The smallest absolute Gasteiger partial charge is 0.321 e. The Balaban J connectivity index is 1.52. The van der Waals surface area contributed by atoms with Crippen LogP contribution in [0.3, 0.4) is 0 Å². The summed E-state index contributed by atoms with van der Waals surface area (Å²) < 4.78 is 13.0. The minimum absolute atomic E-state index is 0.213. The number of hydrogen-bond acceptors (Lipinski definition) is 2. The highest BCUT2D eigenvalue weighted by atomic mass is 19.1. The maximum absolute atomic E-state index is 13.0. The van der Waals surface area contributed by atoms with Crippen molar-refractivity contribution < 1.29 is 18.9 Å². The average Bonchev–Trinajstić information content (AvgIpc) is 3.42. The summed E-state index contributed by atoms with van der Waals surface area (Å²) in [6.07, 6.45) is 2.14. The lowest BCUT2D eigenvalue weighted by Gasteiger charge is -2.18. The van der Waals surface area contributed by atoms with Crippen LogP contribution in [0.1, 0.15) is 18.4 Å². The largest absolute Gasteiger partial charge is 0.326 e. The van der Waals surface area contributed by atoms with E-state index in [1.54, 1.807) is 36.4 Å². The molecule has 0 radical (unpaired) electrons. The number of halogens is 1. The van der Waals surface area contributed by atoms with E-state index < -0.39 is 6.03 Å². The van der Waals surface area contributed by atoms with Crippen molar-refractivity contribution in [1.29, 1.82) is 0 Å². The van der Waals surface area contributed by atoms with Gasteiger partial charge >= 0.3 is 6.03 Å². The standard InChI is InChI=1S/C19H20FN3O2/c20-15-8-6-14(7-9-15)12-23(17-10-11-17)13-18(24)22-19(25)21-16-4-2-1-3-5-16/h1-9,17H,10-13H2,(H2,21,22,24,25)/p+1. The summed E-state index contributed by atoms with van der Waals surface area (Å²) in [5.74, 6) is -0.593. The molecule has 1 aliphatic rings. The van der Waals surface area contributed by atoms with Gasteiger partial charge in [0, 0.05) is 24.1 Å². The number of quaternary nitrogens is 1. The van der Waals surface area contributed by atoms with Gasteiger partial charge in [0.05, 0.1) is 6.04 Å². The van der Waals surface area contributed by atoms with Gasteiger partial charge in [0.2, 0.25) is 0 Å². The molecule has 5 nitrogen and oxygen atoms in total. The van der Waals surface area contributed by atoms with Crippen molar-refractivity contribution in [1.82, 2.24) is 5.32 Å². The molecule has 1 saturated carbocycles. The highest BCUT2D eigenvalue weighted by Gasteiger charge is 2.34. The van der Waals surface area contributed by atoms with E-state index in [-0.39, 0.29) is 18.3 Å². The van der Waals surface area contributed by atoms with Gasteiger partial charge in [0.25, 0.3) is 5.91 Å². The molecule has 3 amide bonds. The lowest BCUT2D eigenvalue weighted by molar-refractivity contribution is -0.917. The molecule has 0 aliphatic heterocycles. The Hall–Kier alpha value is -2.73. The van der Waals surface area contributed by atoms with Crippen LogP contribution in [0.5, 0.6) is 0 Å². The molecule has 6 heteroatoms. The zero-order valence-corrected chi connectivity index (χ0v) is 13.8. The molecule has 2 aromatic carbocycles. The number of amides is 3. The number of para-hydroxylation sites is 1. The third-order valence-corrected chi connectivity index (χ3v) is 4.17. The Morgan fingerprint density at radius 3 is 2.36 bits per heavy atom. The van der Waals surface area contributed by atoms with Crippen molar-refractivity contribution in [3.63, 3.8) is 0 Å². The van der Waals surface area contributed by atoms with Gasteiger partial charge < -0.3 is 10.2 Å². The van der Waals surface area contributed by atoms with Crippen molar-refractivity contribution in [2.45, 2.75) is 25.4 Å². The molecule has 0 spiro atoms. The summed E-state index contributed by atoms with van der Waals surface area (Å²) in [6.45, 7) is 0.850. The first-order valence-corrected chi connectivity index (χ1v) is 8.35. The number of nitrogens with one attached hydrogen (secondary N) is 3. The van der Waals surface area contributed by atoms with E-state index in [1.807, 2.05) is 6.07 Å². The molecular weight excluding hydrogens is 321 g/mol. The fourth-order valence-electron chi connectivity index (χ4n) is 2.77. The van der Waals surface area contributed by atoms with Crippen LogP contribution < -0.4 is 15.5 Å². The SMILES string of the molecule is O=C(C[NH+](Cc1ccc(F)cc1)C1CC1)NC(=O)Nc1ccccc1. The first-order valence-electron chi connectivity index (χ1n) is 8.35. The first-order chi connectivity index (χ1) is 12.1. The monoisotopic (exact) mass is 342 g/mol. The third-order valence-electron chi connectivity index (χ3n) is 4.17. The zero-order valence-electron chi connectivity index (χ0n) is 13.8. The molecule has 2 aromatic rings. The predicted octanol–water partition coefficient (Wildman–Crippen LogP) is 1.72. The van der Waals surface area contributed by atoms with Crippen LogP contribution in [0.25, 0.3) is 0 Å². The van der Waals surface area contributed by atoms with Gasteiger partial charge in [0.15, 0.2) is 6.54 Å². The average molecular weight is 342 g/mol. The molecule has 3 N–H and O–H groups in total. The molecular formula is C19H21FN3O2+. The first kappa shape index (κ1) is 17.1. The van der Waals surface area contributed by atoms with Crippen LogP contribution in [0.2, 0.25) is 0 Å². The fourth-order valence-corrected chi connectivity index (χ4v) is 2.77. The Labute approximate surface area is 145 Å². The van der Waals surface area contributed by atoms with Crippen molar-refractivity contribution in [3.8, 4) is 0 Å². The van der Waals surface area contributed by atoms with Gasteiger partial charge in [-0.15, -0.1) is 0 Å². The minimum atomic E-state index is -0.534. The highest BCUT2D eigenvalue weighted by molar-refractivity contribution is 6.01. The normalized spacial score (nSPS) is 14.6. The molecule has 130 valence electrons. The Bertz CT molecular complexity index is 730. The zero-order chi connectivity index (χ0) is 17.6. The van der Waals surface area contributed by atoms with Gasteiger partial charge in [0.1, 0.15) is 12.4 Å². The number of hydrogen-bond donors (Lipinski definition) is 3. The van der Waals surface area contributed by atoms with Crippen molar-refractivity contribution >= 4 is 17.6 Å². The second-order valence-electron chi connectivity index (χ2n) is 6.28. The molecule has 3 rings (SSSR count). The summed E-state index contributed by atoms with van der Waals surface area (Å²) >= 11 is 0. The van der Waals surface area contributed by atoms with Crippen molar-refractivity contribution in [3.05, 3.63) is 66.0 Å². The van der Waals surface area contributed by atoms with Crippen LogP contribution >= 0.6 is 0 Å². The molecule has 0 bridgehead atoms. The minimum Gasteiger partial charge on any atom is -0.321 e. The summed E-state index contributed by atoms with van der Waals surface area (Å²) in [5, 5.41) is 4.99. The number of anilines is 1. The van der Waals surface area contributed by atoms with Crippen LogP contribution in [-0.4, -0.2) is 24.5 Å². The molecule has 1 aliphatic carbocycles. The van der Waals surface area contributed by atoms with E-state index in [1.165, 1.54) is 12.1 Å². The van der Waals surface area contributed by atoms with E-state index in [9.17, 15) is 14.0 Å². The van der Waals surface area contributed by atoms with Crippen LogP contribution in [0, 0.1) is 5.82 Å². The molecule has 0 saturated heterocycles. The van der Waals surface area contributed by atoms with Crippen LogP contribution in [0.4, 0.5) is 14.9 Å². The number of rotatable bonds is 6. The summed E-state index contributed by atoms with van der Waals surface area (Å²) in [4.78, 5) is 25.2.